The molecule has 2 aromatic rings. The predicted molar refractivity (Wildman–Crippen MR) is 113 cm³/mol. The molecular weight excluding hydrogens is 554 g/mol. The number of aromatic nitrogens is 2. The Bertz CT molecular complexity index is 364. The summed E-state index contributed by atoms with van der Waals surface area (Å²) in [6, 6.07) is 8.00. The molecule has 0 aromatic carbocycles. The molecule has 16 heteroatoms. The van der Waals surface area contributed by atoms with Crippen molar-refractivity contribution in [2.45, 2.75) is 9.79 Å². The molecule has 0 fully saturated rings. The average Bonchev–Trinajstić information content (AvgIpc) is 2.29. The van der Waals surface area contributed by atoms with E-state index in [2.05, 4.69) is 9.97 Å². The van der Waals surface area contributed by atoms with Gasteiger partial charge in [-0.05, 0) is 24.3 Å². The predicted octanol–water partition coefficient (Wildman–Crippen LogP) is 10.4. The number of pyridine rings is 2. The first-order valence-corrected chi connectivity index (χ1v) is 6.25. The first kappa shape index (κ1) is 72.4. The minimum absolute atomic E-state index is 0. The molecule has 0 aliphatic heterocycles. The first-order chi connectivity index (χ1) is 6.95. The zero-order valence-electron chi connectivity index (χ0n) is 13.8. The Kier molecular flexibility index (Phi) is 124. The zero-order chi connectivity index (χ0) is 9.64. The average molecular weight is 583 g/mol. The van der Waals surface area contributed by atoms with Crippen molar-refractivity contribution >= 4 is 21.6 Å². The van der Waals surface area contributed by atoms with Crippen LogP contribution in [-0.2, 0) is 39.0 Å². The van der Waals surface area contributed by atoms with E-state index in [0.29, 0.717) is 0 Å². The van der Waals surface area contributed by atoms with E-state index in [-0.39, 0.29) is 100 Å². The van der Waals surface area contributed by atoms with Crippen LogP contribution in [0.4, 0.5) is 0 Å². The van der Waals surface area contributed by atoms with Gasteiger partial charge >= 0.3 is 39.0 Å². The van der Waals surface area contributed by atoms with Gasteiger partial charge in [-0.15, -0.1) is 0 Å². The number of rotatable bonds is 3. The summed E-state index contributed by atoms with van der Waals surface area (Å²) in [7, 11) is 3.44. The maximum Gasteiger partial charge on any atom is 5.00 e. The largest absolute Gasteiger partial charge is 5.00 e. The van der Waals surface area contributed by atoms with Crippen LogP contribution in [0.25, 0.3) is 61.5 Å². The van der Waals surface area contributed by atoms with E-state index in [1.807, 2.05) is 24.3 Å². The SMILES string of the molecule is [NH2-].[NH2-].[NH2-].[NH2-].[NH2-].[NH2-].[NH2-].[NH2-].[NH2-].[NH2-].[Ru+5].[Ru+5].c1cc(SSc2ccncc2)ccn1. The molecule has 0 unspecified atom stereocenters. The molecule has 0 atom stereocenters. The van der Waals surface area contributed by atoms with E-state index in [0.717, 1.165) is 0 Å². The number of hydrogen-bond acceptors (Lipinski definition) is 4. The third kappa shape index (κ3) is 28.6. The van der Waals surface area contributed by atoms with Gasteiger partial charge in [-0.25, -0.2) is 0 Å². The van der Waals surface area contributed by atoms with E-state index in [1.54, 1.807) is 46.4 Å². The molecule has 0 spiro atoms. The Morgan fingerprint density at radius 1 is 0.423 bits per heavy atom. The molecule has 2 aromatic heterocycles. The van der Waals surface area contributed by atoms with Crippen LogP contribution in [-0.4, -0.2) is 9.97 Å². The van der Waals surface area contributed by atoms with Crippen molar-refractivity contribution < 1.29 is 39.0 Å². The molecule has 0 aliphatic rings. The van der Waals surface area contributed by atoms with Crippen molar-refractivity contribution in [3.05, 3.63) is 111 Å². The van der Waals surface area contributed by atoms with Gasteiger partial charge in [0.2, 0.25) is 0 Å². The summed E-state index contributed by atoms with van der Waals surface area (Å²) in [4.78, 5) is 10.4. The molecule has 12 nitrogen and oxygen atoms in total. The molecule has 0 bridgehead atoms. The summed E-state index contributed by atoms with van der Waals surface area (Å²) >= 11 is 0. The second-order valence-corrected chi connectivity index (χ2v) is 4.81. The quantitative estimate of drug-likeness (QED) is 0.251. The van der Waals surface area contributed by atoms with Crippen LogP contribution in [0, 0.1) is 0 Å². The minimum Gasteiger partial charge on any atom is -0.693 e. The topological polar surface area (TPSA) is 361 Å². The van der Waals surface area contributed by atoms with Crippen LogP contribution in [0.15, 0.2) is 58.8 Å². The van der Waals surface area contributed by atoms with Crippen molar-refractivity contribution in [3.63, 3.8) is 0 Å². The van der Waals surface area contributed by atoms with Gasteiger partial charge in [0.05, 0.1) is 0 Å². The summed E-state index contributed by atoms with van der Waals surface area (Å²) < 4.78 is 0. The van der Waals surface area contributed by atoms with Gasteiger partial charge in [0.1, 0.15) is 0 Å². The van der Waals surface area contributed by atoms with Crippen molar-refractivity contribution in [1.82, 2.24) is 9.97 Å². The molecule has 2 rings (SSSR count). The second-order valence-electron chi connectivity index (χ2n) is 2.53. The Hall–Kier alpha value is -0.153. The second kappa shape index (κ2) is 44.4. The van der Waals surface area contributed by atoms with E-state index in [9.17, 15) is 0 Å². The summed E-state index contributed by atoms with van der Waals surface area (Å²) in [5.74, 6) is 0. The minimum atomic E-state index is 0. The molecule has 0 saturated heterocycles. The first-order valence-electron chi connectivity index (χ1n) is 4.10. The fourth-order valence-electron chi connectivity index (χ4n) is 0.884. The van der Waals surface area contributed by atoms with E-state index in [1.165, 1.54) is 9.79 Å². The molecule has 2 heterocycles. The molecular formula is C10H28N12Ru2S2. The van der Waals surface area contributed by atoms with Crippen LogP contribution in [0.1, 0.15) is 0 Å². The molecule has 20 N–H and O–H groups in total. The van der Waals surface area contributed by atoms with Gasteiger partial charge in [-0.2, -0.15) is 0 Å². The molecule has 26 heavy (non-hydrogen) atoms. The van der Waals surface area contributed by atoms with Gasteiger partial charge in [-0.1, -0.05) is 21.6 Å². The van der Waals surface area contributed by atoms with Crippen LogP contribution < -0.4 is 0 Å². The number of nitrogens with zero attached hydrogens (tertiary/aromatic N) is 2. The molecule has 2 radical (unpaired) electrons. The fraction of sp³-hybridized carbons (Fsp3) is 0. The van der Waals surface area contributed by atoms with Gasteiger partial charge < -0.3 is 61.5 Å². The molecule has 0 aliphatic carbocycles. The Balaban J connectivity index is -0.0000000208. The summed E-state index contributed by atoms with van der Waals surface area (Å²) in [6.45, 7) is 0. The monoisotopic (exact) mass is 584 g/mol. The molecule has 0 saturated carbocycles. The third-order valence-electron chi connectivity index (χ3n) is 1.53. The van der Waals surface area contributed by atoms with Crippen LogP contribution in [0.5, 0.6) is 0 Å². The Labute approximate surface area is 190 Å². The van der Waals surface area contributed by atoms with Crippen molar-refractivity contribution in [2.24, 2.45) is 0 Å². The maximum absolute atomic E-state index is 3.97. The smallest absolute Gasteiger partial charge is 0.693 e. The fourth-order valence-corrected chi connectivity index (χ4v) is 2.79. The Morgan fingerprint density at radius 2 is 0.615 bits per heavy atom. The zero-order valence-corrected chi connectivity index (χ0v) is 18.9. The molecule has 156 valence electrons. The van der Waals surface area contributed by atoms with Gasteiger partial charge in [-0.3, -0.25) is 9.97 Å². The summed E-state index contributed by atoms with van der Waals surface area (Å²) in [5, 5.41) is 0. The van der Waals surface area contributed by atoms with Crippen molar-refractivity contribution in [3.8, 4) is 0 Å². The maximum atomic E-state index is 3.97. The van der Waals surface area contributed by atoms with Crippen molar-refractivity contribution in [2.75, 3.05) is 0 Å². The summed E-state index contributed by atoms with van der Waals surface area (Å²) in [6.07, 6.45) is 7.20. The molecule has 0 amide bonds. The van der Waals surface area contributed by atoms with Gasteiger partial charge in [0.25, 0.3) is 0 Å². The Morgan fingerprint density at radius 3 is 0.808 bits per heavy atom. The van der Waals surface area contributed by atoms with Crippen molar-refractivity contribution in [1.29, 1.82) is 0 Å². The standard InChI is InChI=1S/C10H8N2S2.10H2N.2Ru/c1-5-11-6-2-9(1)13-14-10-3-7-12-8-4-10;;;;;;;;;;;;/h1-8H;10*1H2;;/q;10*-1;2*+5. The van der Waals surface area contributed by atoms with Crippen LogP contribution in [0.3, 0.4) is 0 Å². The normalized spacial score (nSPS) is 5.38. The number of nitrogens with two attached hydrogens (primary N) is 10. The summed E-state index contributed by atoms with van der Waals surface area (Å²) in [5.41, 5.74) is 0. The van der Waals surface area contributed by atoms with Gasteiger partial charge in [0, 0.05) is 34.6 Å². The van der Waals surface area contributed by atoms with Crippen LogP contribution >= 0.6 is 21.6 Å². The van der Waals surface area contributed by atoms with E-state index in [4.69, 9.17) is 0 Å². The number of hydrogen-bond donors (Lipinski definition) is 0. The van der Waals surface area contributed by atoms with E-state index < -0.39 is 0 Å². The van der Waals surface area contributed by atoms with Crippen LogP contribution in [0.2, 0.25) is 0 Å². The third-order valence-corrected chi connectivity index (χ3v) is 3.95. The van der Waals surface area contributed by atoms with Gasteiger partial charge in [0.15, 0.2) is 0 Å². The van der Waals surface area contributed by atoms with E-state index >= 15 is 0 Å².